The molecule has 14 heavy (non-hydrogen) atoms. The number of aliphatic hydroxyl groups is 1. The average molecular weight is 192 g/mol. The summed E-state index contributed by atoms with van der Waals surface area (Å²) in [4.78, 5) is 10.7. The molecule has 0 amide bonds. The number of fused-ring (bicyclic) bond motifs is 1. The zero-order valence-electron chi connectivity index (χ0n) is 7.99. The Labute approximate surface area is 82.3 Å². The molecule has 0 spiro atoms. The Kier molecular flexibility index (Phi) is 2.25. The minimum atomic E-state index is -0.403. The van der Waals surface area contributed by atoms with Gasteiger partial charge in [-0.25, -0.2) is 0 Å². The third-order valence-corrected chi connectivity index (χ3v) is 2.69. The largest absolute Gasteiger partial charge is 0.496 e. The average Bonchev–Trinajstić information content (AvgIpc) is 2.59. The summed E-state index contributed by atoms with van der Waals surface area (Å²) in [6.07, 6.45) is 1.87. The fraction of sp³-hybridized carbons (Fsp3) is 0.364. The number of rotatable bonds is 2. The number of ether oxygens (including phenoxy) is 1. The van der Waals surface area contributed by atoms with Crippen molar-refractivity contribution in [2.45, 2.75) is 18.9 Å². The van der Waals surface area contributed by atoms with Crippen LogP contribution < -0.4 is 4.74 Å². The number of carbonyl (C=O) groups excluding carboxylic acids is 1. The maximum absolute atomic E-state index is 10.7. The Morgan fingerprint density at radius 1 is 1.57 bits per heavy atom. The van der Waals surface area contributed by atoms with Crippen molar-refractivity contribution in [1.29, 1.82) is 0 Å². The van der Waals surface area contributed by atoms with Crippen LogP contribution in [0.4, 0.5) is 0 Å². The summed E-state index contributed by atoms with van der Waals surface area (Å²) in [5.74, 6) is 0.619. The quantitative estimate of drug-likeness (QED) is 0.722. The number of hydrogen-bond donors (Lipinski definition) is 1. The van der Waals surface area contributed by atoms with E-state index >= 15 is 0 Å². The lowest BCUT2D eigenvalue weighted by molar-refractivity contribution is 0.112. The van der Waals surface area contributed by atoms with Gasteiger partial charge in [0, 0.05) is 5.56 Å². The van der Waals surface area contributed by atoms with Crippen LogP contribution in [0.2, 0.25) is 0 Å². The van der Waals surface area contributed by atoms with Gasteiger partial charge < -0.3 is 9.84 Å². The van der Waals surface area contributed by atoms with Crippen LogP contribution in [0.1, 0.15) is 34.0 Å². The first-order valence-corrected chi connectivity index (χ1v) is 4.61. The van der Waals surface area contributed by atoms with E-state index in [-0.39, 0.29) is 0 Å². The highest BCUT2D eigenvalue weighted by Gasteiger charge is 2.24. The number of benzene rings is 1. The Morgan fingerprint density at radius 2 is 2.36 bits per heavy atom. The van der Waals surface area contributed by atoms with Crippen molar-refractivity contribution in [3.05, 3.63) is 28.8 Å². The molecule has 0 heterocycles. The molecule has 1 N–H and O–H groups in total. The van der Waals surface area contributed by atoms with E-state index < -0.39 is 6.10 Å². The zero-order valence-corrected chi connectivity index (χ0v) is 7.99. The number of aliphatic hydroxyl groups excluding tert-OH is 1. The normalized spacial score (nSPS) is 19.1. The van der Waals surface area contributed by atoms with Gasteiger partial charge in [-0.3, -0.25) is 4.79 Å². The predicted molar refractivity (Wildman–Crippen MR) is 51.7 cm³/mol. The molecule has 1 aliphatic rings. The van der Waals surface area contributed by atoms with E-state index in [9.17, 15) is 9.90 Å². The Balaban J connectivity index is 2.59. The van der Waals surface area contributed by atoms with E-state index in [4.69, 9.17) is 4.74 Å². The topological polar surface area (TPSA) is 46.5 Å². The van der Waals surface area contributed by atoms with Crippen molar-refractivity contribution in [3.63, 3.8) is 0 Å². The van der Waals surface area contributed by atoms with Gasteiger partial charge in [-0.1, -0.05) is 6.07 Å². The van der Waals surface area contributed by atoms with Gasteiger partial charge in [-0.05, 0) is 24.5 Å². The number of carbonyl (C=O) groups is 1. The zero-order chi connectivity index (χ0) is 10.1. The molecule has 1 aromatic carbocycles. The van der Waals surface area contributed by atoms with Gasteiger partial charge in [0.05, 0.1) is 18.8 Å². The van der Waals surface area contributed by atoms with Gasteiger partial charge in [0.15, 0.2) is 6.29 Å². The Bertz CT molecular complexity index is 371. The third kappa shape index (κ3) is 1.21. The van der Waals surface area contributed by atoms with E-state index in [2.05, 4.69) is 0 Å². The fourth-order valence-electron chi connectivity index (χ4n) is 2.00. The van der Waals surface area contributed by atoms with Crippen molar-refractivity contribution in [2.24, 2.45) is 0 Å². The van der Waals surface area contributed by atoms with Gasteiger partial charge in [-0.15, -0.1) is 0 Å². The van der Waals surface area contributed by atoms with Crippen LogP contribution in [0.15, 0.2) is 12.1 Å². The molecule has 0 saturated heterocycles. The lowest BCUT2D eigenvalue weighted by Gasteiger charge is -2.10. The molecule has 1 aromatic rings. The predicted octanol–water partition coefficient (Wildman–Crippen LogP) is 1.49. The van der Waals surface area contributed by atoms with E-state index in [1.807, 2.05) is 0 Å². The Morgan fingerprint density at radius 3 is 3.00 bits per heavy atom. The summed E-state index contributed by atoms with van der Waals surface area (Å²) >= 11 is 0. The molecular formula is C11H12O3. The highest BCUT2D eigenvalue weighted by molar-refractivity contribution is 5.81. The monoisotopic (exact) mass is 192 g/mol. The third-order valence-electron chi connectivity index (χ3n) is 2.69. The molecule has 1 atom stereocenters. The van der Waals surface area contributed by atoms with Crippen LogP contribution in [0.3, 0.4) is 0 Å². The molecule has 0 aromatic heterocycles. The number of aldehydes is 1. The number of methoxy groups -OCH3 is 1. The SMILES string of the molecule is COc1c(C=O)ccc2c1CCC2O. The molecule has 0 radical (unpaired) electrons. The van der Waals surface area contributed by atoms with E-state index in [1.165, 1.54) is 0 Å². The van der Waals surface area contributed by atoms with E-state index in [0.29, 0.717) is 17.7 Å². The summed E-state index contributed by atoms with van der Waals surface area (Å²) in [6.45, 7) is 0. The lowest BCUT2D eigenvalue weighted by Crippen LogP contribution is -1.97. The summed E-state index contributed by atoms with van der Waals surface area (Å²) in [5, 5.41) is 9.62. The molecule has 3 nitrogen and oxygen atoms in total. The van der Waals surface area contributed by atoms with Gasteiger partial charge in [-0.2, -0.15) is 0 Å². The first kappa shape index (κ1) is 9.21. The van der Waals surface area contributed by atoms with Gasteiger partial charge in [0.25, 0.3) is 0 Å². The van der Waals surface area contributed by atoms with Crippen molar-refractivity contribution >= 4 is 6.29 Å². The maximum Gasteiger partial charge on any atom is 0.153 e. The molecule has 2 rings (SSSR count). The summed E-state index contributed by atoms with van der Waals surface area (Å²) in [5.41, 5.74) is 2.43. The van der Waals surface area contributed by atoms with Crippen LogP contribution in [-0.4, -0.2) is 18.5 Å². The molecule has 0 fully saturated rings. The second kappa shape index (κ2) is 3.42. The molecule has 3 heteroatoms. The van der Waals surface area contributed by atoms with Crippen molar-refractivity contribution in [2.75, 3.05) is 7.11 Å². The molecule has 1 unspecified atom stereocenters. The van der Waals surface area contributed by atoms with Crippen LogP contribution in [0.5, 0.6) is 5.75 Å². The second-order valence-corrected chi connectivity index (χ2v) is 3.43. The molecule has 1 aliphatic carbocycles. The smallest absolute Gasteiger partial charge is 0.153 e. The van der Waals surface area contributed by atoms with Gasteiger partial charge in [0.1, 0.15) is 5.75 Å². The van der Waals surface area contributed by atoms with Crippen molar-refractivity contribution < 1.29 is 14.6 Å². The molecular weight excluding hydrogens is 180 g/mol. The van der Waals surface area contributed by atoms with Gasteiger partial charge >= 0.3 is 0 Å². The molecule has 0 bridgehead atoms. The molecule has 0 aliphatic heterocycles. The first-order chi connectivity index (χ1) is 6.77. The molecule has 0 saturated carbocycles. The van der Waals surface area contributed by atoms with Crippen molar-refractivity contribution in [3.8, 4) is 5.75 Å². The summed E-state index contributed by atoms with van der Waals surface area (Å²) < 4.78 is 5.19. The second-order valence-electron chi connectivity index (χ2n) is 3.43. The van der Waals surface area contributed by atoms with E-state index in [1.54, 1.807) is 19.2 Å². The minimum absolute atomic E-state index is 0.403. The Hall–Kier alpha value is -1.35. The fourth-order valence-corrected chi connectivity index (χ4v) is 2.00. The van der Waals surface area contributed by atoms with Crippen molar-refractivity contribution in [1.82, 2.24) is 0 Å². The van der Waals surface area contributed by atoms with E-state index in [0.717, 1.165) is 23.8 Å². The van der Waals surface area contributed by atoms with Crippen LogP contribution in [0, 0.1) is 0 Å². The van der Waals surface area contributed by atoms with Gasteiger partial charge in [0.2, 0.25) is 0 Å². The number of hydrogen-bond acceptors (Lipinski definition) is 3. The lowest BCUT2D eigenvalue weighted by atomic mass is 10.0. The summed E-state index contributed by atoms with van der Waals surface area (Å²) in [6, 6.07) is 3.50. The van der Waals surface area contributed by atoms with Crippen LogP contribution >= 0.6 is 0 Å². The maximum atomic E-state index is 10.7. The first-order valence-electron chi connectivity index (χ1n) is 4.61. The minimum Gasteiger partial charge on any atom is -0.496 e. The van der Waals surface area contributed by atoms with Crippen LogP contribution in [-0.2, 0) is 6.42 Å². The highest BCUT2D eigenvalue weighted by Crippen LogP contribution is 2.38. The standard InChI is InChI=1S/C11H12O3/c1-14-11-7(6-12)2-3-8-9(11)4-5-10(8)13/h2-3,6,10,13H,4-5H2,1H3. The summed E-state index contributed by atoms with van der Waals surface area (Å²) in [7, 11) is 1.55. The van der Waals surface area contributed by atoms with Crippen LogP contribution in [0.25, 0.3) is 0 Å². The highest BCUT2D eigenvalue weighted by atomic mass is 16.5. The molecule has 74 valence electrons.